The quantitative estimate of drug-likeness (QED) is 0.852. The Morgan fingerprint density at radius 3 is 2.39 bits per heavy atom. The molecule has 0 aliphatic carbocycles. The zero-order valence-electron chi connectivity index (χ0n) is 10.2. The number of alkyl halides is 2. The normalized spacial score (nSPS) is 11.4. The molecule has 3 N–H and O–H groups in total. The molecule has 0 bridgehead atoms. The molecule has 0 spiro atoms. The van der Waals surface area contributed by atoms with E-state index >= 15 is 0 Å². The highest BCUT2D eigenvalue weighted by Crippen LogP contribution is 2.18. The Bertz CT molecular complexity index is 400. The van der Waals surface area contributed by atoms with Crippen LogP contribution in [0.5, 0.6) is 5.75 Å². The minimum Gasteiger partial charge on any atom is -0.435 e. The predicted molar refractivity (Wildman–Crippen MR) is 64.6 cm³/mol. The summed E-state index contributed by atoms with van der Waals surface area (Å²) in [6.45, 7) is 0.627. The highest BCUT2D eigenvalue weighted by atomic mass is 19.3. The highest BCUT2D eigenvalue weighted by Gasteiger charge is 2.16. The average molecular weight is 258 g/mol. The Kier molecular flexibility index (Phi) is 4.61. The van der Waals surface area contributed by atoms with E-state index in [1.165, 1.54) is 24.3 Å². The van der Waals surface area contributed by atoms with E-state index in [0.717, 1.165) is 0 Å². The summed E-state index contributed by atoms with van der Waals surface area (Å²) in [4.78, 5) is 11.5. The molecule has 0 aliphatic rings. The fourth-order valence-corrected chi connectivity index (χ4v) is 1.34. The number of carbonyl (C=O) groups is 1. The third-order valence-electron chi connectivity index (χ3n) is 1.98. The Balaban J connectivity index is 2.56. The van der Waals surface area contributed by atoms with E-state index in [1.807, 2.05) is 0 Å². The van der Waals surface area contributed by atoms with Crippen LogP contribution in [0.15, 0.2) is 24.3 Å². The van der Waals surface area contributed by atoms with E-state index in [1.54, 1.807) is 13.8 Å². The van der Waals surface area contributed by atoms with Crippen LogP contribution in [-0.4, -0.2) is 18.1 Å². The molecule has 1 aromatic rings. The van der Waals surface area contributed by atoms with E-state index in [-0.39, 0.29) is 18.1 Å². The van der Waals surface area contributed by atoms with Crippen LogP contribution in [-0.2, 0) is 4.79 Å². The van der Waals surface area contributed by atoms with Crippen molar-refractivity contribution in [2.45, 2.75) is 32.4 Å². The highest BCUT2D eigenvalue weighted by molar-refractivity contribution is 5.91. The lowest BCUT2D eigenvalue weighted by atomic mass is 10.0. The Morgan fingerprint density at radius 2 is 1.94 bits per heavy atom. The first kappa shape index (κ1) is 14.4. The van der Waals surface area contributed by atoms with Crippen molar-refractivity contribution in [2.75, 3.05) is 5.32 Å². The molecule has 0 saturated heterocycles. The molecule has 0 aromatic heterocycles. The van der Waals surface area contributed by atoms with E-state index in [2.05, 4.69) is 10.1 Å². The van der Waals surface area contributed by atoms with Crippen LogP contribution < -0.4 is 15.8 Å². The summed E-state index contributed by atoms with van der Waals surface area (Å²) in [5.41, 5.74) is 5.62. The van der Waals surface area contributed by atoms with Gasteiger partial charge in [-0.2, -0.15) is 8.78 Å². The second-order valence-electron chi connectivity index (χ2n) is 4.62. The molecule has 1 rings (SSSR count). The van der Waals surface area contributed by atoms with Crippen molar-refractivity contribution in [1.82, 2.24) is 0 Å². The van der Waals surface area contributed by atoms with Crippen molar-refractivity contribution in [1.29, 1.82) is 0 Å². The monoisotopic (exact) mass is 258 g/mol. The molecule has 100 valence electrons. The van der Waals surface area contributed by atoms with Crippen LogP contribution in [0.3, 0.4) is 0 Å². The number of nitrogens with two attached hydrogens (primary N) is 1. The molecule has 4 nitrogen and oxygen atoms in total. The van der Waals surface area contributed by atoms with Crippen molar-refractivity contribution in [3.8, 4) is 5.75 Å². The van der Waals surface area contributed by atoms with Gasteiger partial charge in [-0.05, 0) is 38.1 Å². The first-order valence-corrected chi connectivity index (χ1v) is 5.40. The molecule has 0 radical (unpaired) electrons. The summed E-state index contributed by atoms with van der Waals surface area (Å²) in [5, 5.41) is 2.62. The largest absolute Gasteiger partial charge is 0.435 e. The molecule has 0 unspecified atom stereocenters. The maximum absolute atomic E-state index is 11.9. The first-order chi connectivity index (χ1) is 8.26. The Labute approximate surface area is 104 Å². The van der Waals surface area contributed by atoms with E-state index in [9.17, 15) is 13.6 Å². The second-order valence-corrected chi connectivity index (χ2v) is 4.62. The van der Waals surface area contributed by atoms with Crippen molar-refractivity contribution in [3.63, 3.8) is 0 Å². The molecular formula is C12H16F2N2O2. The molecule has 1 amide bonds. The number of amides is 1. The molecule has 0 aliphatic heterocycles. The van der Waals surface area contributed by atoms with Gasteiger partial charge in [0, 0.05) is 17.6 Å². The van der Waals surface area contributed by atoms with Crippen LogP contribution in [0.1, 0.15) is 20.3 Å². The van der Waals surface area contributed by atoms with E-state index in [0.29, 0.717) is 5.69 Å². The maximum atomic E-state index is 11.9. The lowest BCUT2D eigenvalue weighted by molar-refractivity contribution is -0.117. The molecule has 0 saturated carbocycles. The van der Waals surface area contributed by atoms with Crippen molar-refractivity contribution < 1.29 is 18.3 Å². The number of anilines is 1. The fraction of sp³-hybridized carbons (Fsp3) is 0.417. The lowest BCUT2D eigenvalue weighted by Crippen LogP contribution is -2.36. The van der Waals surface area contributed by atoms with Gasteiger partial charge in [-0.3, -0.25) is 4.79 Å². The van der Waals surface area contributed by atoms with E-state index in [4.69, 9.17) is 5.73 Å². The van der Waals surface area contributed by atoms with Gasteiger partial charge >= 0.3 is 6.61 Å². The summed E-state index contributed by atoms with van der Waals surface area (Å²) >= 11 is 0. The number of benzene rings is 1. The van der Waals surface area contributed by atoms with Crippen molar-refractivity contribution in [3.05, 3.63) is 24.3 Å². The minimum atomic E-state index is -2.86. The SMILES string of the molecule is CC(C)(N)CC(=O)Nc1ccc(OC(F)F)cc1. The summed E-state index contributed by atoms with van der Waals surface area (Å²) in [7, 11) is 0. The standard InChI is InChI=1S/C12H16F2N2O2/c1-12(2,15)7-10(17)16-8-3-5-9(6-4-8)18-11(13)14/h3-6,11H,7,15H2,1-2H3,(H,16,17). The van der Waals surface area contributed by atoms with Gasteiger partial charge in [0.05, 0.1) is 0 Å². The maximum Gasteiger partial charge on any atom is 0.387 e. The first-order valence-electron chi connectivity index (χ1n) is 5.40. The van der Waals surface area contributed by atoms with Crippen molar-refractivity contribution in [2.24, 2.45) is 5.73 Å². The van der Waals surface area contributed by atoms with E-state index < -0.39 is 12.2 Å². The lowest BCUT2D eigenvalue weighted by Gasteiger charge is -2.17. The number of hydrogen-bond acceptors (Lipinski definition) is 3. The van der Waals surface area contributed by atoms with Crippen LogP contribution in [0, 0.1) is 0 Å². The van der Waals surface area contributed by atoms with Gasteiger partial charge in [0.1, 0.15) is 5.75 Å². The minimum absolute atomic E-state index is 0.0437. The molecular weight excluding hydrogens is 242 g/mol. The van der Waals surface area contributed by atoms with Crippen LogP contribution in [0.4, 0.5) is 14.5 Å². The molecule has 1 aromatic carbocycles. The zero-order valence-corrected chi connectivity index (χ0v) is 10.2. The Hall–Kier alpha value is -1.69. The van der Waals surface area contributed by atoms with Gasteiger partial charge in [0.2, 0.25) is 5.91 Å². The van der Waals surface area contributed by atoms with Gasteiger partial charge in [-0.1, -0.05) is 0 Å². The third kappa shape index (κ3) is 5.58. The fourth-order valence-electron chi connectivity index (χ4n) is 1.34. The van der Waals surface area contributed by atoms with Crippen molar-refractivity contribution >= 4 is 11.6 Å². The molecule has 6 heteroatoms. The smallest absolute Gasteiger partial charge is 0.387 e. The van der Waals surface area contributed by atoms with Gasteiger partial charge < -0.3 is 15.8 Å². The van der Waals surface area contributed by atoms with Crippen LogP contribution >= 0.6 is 0 Å². The van der Waals surface area contributed by atoms with Crippen LogP contribution in [0.2, 0.25) is 0 Å². The number of carbonyl (C=O) groups excluding carboxylic acids is 1. The zero-order chi connectivity index (χ0) is 13.8. The number of halogens is 2. The molecule has 0 atom stereocenters. The van der Waals surface area contributed by atoms with Gasteiger partial charge in [-0.15, -0.1) is 0 Å². The summed E-state index contributed by atoms with van der Waals surface area (Å²) in [6.07, 6.45) is 0.169. The summed E-state index contributed by atoms with van der Waals surface area (Å²) in [5.74, 6) is -0.188. The Morgan fingerprint density at radius 1 is 1.39 bits per heavy atom. The van der Waals surface area contributed by atoms with Gasteiger partial charge in [-0.25, -0.2) is 0 Å². The summed E-state index contributed by atoms with van der Waals surface area (Å²) < 4.78 is 28.0. The number of ether oxygens (including phenoxy) is 1. The van der Waals surface area contributed by atoms with Gasteiger partial charge in [0.15, 0.2) is 0 Å². The summed E-state index contributed by atoms with van der Waals surface area (Å²) in [6, 6.07) is 5.68. The average Bonchev–Trinajstić information content (AvgIpc) is 2.17. The number of hydrogen-bond donors (Lipinski definition) is 2. The third-order valence-corrected chi connectivity index (χ3v) is 1.98. The van der Waals surface area contributed by atoms with Gasteiger partial charge in [0.25, 0.3) is 0 Å². The van der Waals surface area contributed by atoms with Crippen LogP contribution in [0.25, 0.3) is 0 Å². The number of rotatable bonds is 5. The topological polar surface area (TPSA) is 64.4 Å². The predicted octanol–water partition coefficient (Wildman–Crippen LogP) is 2.35. The number of nitrogens with one attached hydrogen (secondary N) is 1. The molecule has 18 heavy (non-hydrogen) atoms. The molecule has 0 heterocycles. The molecule has 0 fully saturated rings. The second kappa shape index (κ2) is 5.77.